The molecule has 4 rings (SSSR count). The van der Waals surface area contributed by atoms with Gasteiger partial charge in [-0.05, 0) is 48.0 Å². The molecule has 3 aromatic carbocycles. The second-order valence-electron chi connectivity index (χ2n) is 6.48. The van der Waals surface area contributed by atoms with Gasteiger partial charge in [0.25, 0.3) is 5.91 Å². The average molecular weight is 389 g/mol. The summed E-state index contributed by atoms with van der Waals surface area (Å²) >= 11 is 0. The second kappa shape index (κ2) is 8.06. The standard InChI is InChI=1S/C23H17F2N3O/c24-18-8-6-16(7-9-18)15-26-23(29)22-14-21(17-4-2-1-3-5-17)27-28(22)20-12-10-19(25)11-13-20/h1-14H,15H2,(H,26,29). The molecular weight excluding hydrogens is 372 g/mol. The number of hydrogen-bond donors (Lipinski definition) is 1. The van der Waals surface area contributed by atoms with Gasteiger partial charge < -0.3 is 5.32 Å². The molecule has 0 aliphatic heterocycles. The number of carbonyl (C=O) groups excluding carboxylic acids is 1. The van der Waals surface area contributed by atoms with Crippen LogP contribution < -0.4 is 5.32 Å². The molecule has 0 saturated heterocycles. The van der Waals surface area contributed by atoms with Crippen LogP contribution in [0.4, 0.5) is 8.78 Å². The molecule has 0 bridgehead atoms. The minimum atomic E-state index is -0.369. The van der Waals surface area contributed by atoms with Gasteiger partial charge >= 0.3 is 0 Å². The first kappa shape index (κ1) is 18.6. The minimum absolute atomic E-state index is 0.244. The molecule has 1 amide bonds. The molecule has 1 N–H and O–H groups in total. The van der Waals surface area contributed by atoms with E-state index in [-0.39, 0.29) is 24.1 Å². The molecule has 0 atom stereocenters. The fraction of sp³-hybridized carbons (Fsp3) is 0.0435. The fourth-order valence-corrected chi connectivity index (χ4v) is 2.95. The lowest BCUT2D eigenvalue weighted by Gasteiger charge is -2.08. The Hall–Kier alpha value is -3.80. The lowest BCUT2D eigenvalue weighted by atomic mass is 10.1. The molecular formula is C23H17F2N3O. The van der Waals surface area contributed by atoms with Crippen molar-refractivity contribution in [3.63, 3.8) is 0 Å². The lowest BCUT2D eigenvalue weighted by molar-refractivity contribution is 0.0943. The van der Waals surface area contributed by atoms with Crippen molar-refractivity contribution >= 4 is 5.91 Å². The van der Waals surface area contributed by atoms with Crippen molar-refractivity contribution in [2.45, 2.75) is 6.54 Å². The van der Waals surface area contributed by atoms with Gasteiger partial charge in [-0.15, -0.1) is 0 Å². The number of hydrogen-bond acceptors (Lipinski definition) is 2. The Labute approximate surface area is 166 Å². The van der Waals surface area contributed by atoms with Crippen LogP contribution in [-0.2, 0) is 6.54 Å². The van der Waals surface area contributed by atoms with Gasteiger partial charge in [-0.1, -0.05) is 42.5 Å². The molecule has 0 aliphatic rings. The largest absolute Gasteiger partial charge is 0.347 e. The maximum Gasteiger partial charge on any atom is 0.270 e. The van der Waals surface area contributed by atoms with E-state index in [9.17, 15) is 13.6 Å². The van der Waals surface area contributed by atoms with Crippen LogP contribution in [0, 0.1) is 11.6 Å². The molecule has 29 heavy (non-hydrogen) atoms. The molecule has 1 aromatic heterocycles. The van der Waals surface area contributed by atoms with Crippen molar-refractivity contribution in [2.24, 2.45) is 0 Å². The molecule has 0 saturated carbocycles. The second-order valence-corrected chi connectivity index (χ2v) is 6.48. The first-order valence-electron chi connectivity index (χ1n) is 9.04. The molecule has 0 spiro atoms. The van der Waals surface area contributed by atoms with E-state index in [4.69, 9.17) is 0 Å². The van der Waals surface area contributed by atoms with Crippen LogP contribution in [-0.4, -0.2) is 15.7 Å². The van der Waals surface area contributed by atoms with Gasteiger partial charge in [0, 0.05) is 12.1 Å². The van der Waals surface area contributed by atoms with Crippen LogP contribution in [0.2, 0.25) is 0 Å². The molecule has 0 unspecified atom stereocenters. The summed E-state index contributed by atoms with van der Waals surface area (Å²) in [6.45, 7) is 0.244. The summed E-state index contributed by atoms with van der Waals surface area (Å²) in [5.41, 5.74) is 3.15. The Morgan fingerprint density at radius 1 is 0.862 bits per heavy atom. The first-order valence-corrected chi connectivity index (χ1v) is 9.04. The topological polar surface area (TPSA) is 46.9 Å². The summed E-state index contributed by atoms with van der Waals surface area (Å²) in [6.07, 6.45) is 0. The van der Waals surface area contributed by atoms with E-state index >= 15 is 0 Å². The van der Waals surface area contributed by atoms with E-state index in [0.717, 1.165) is 11.1 Å². The molecule has 6 heteroatoms. The third-order valence-corrected chi connectivity index (χ3v) is 4.45. The number of nitrogens with zero attached hydrogens (tertiary/aromatic N) is 2. The zero-order chi connectivity index (χ0) is 20.2. The summed E-state index contributed by atoms with van der Waals surface area (Å²) in [5, 5.41) is 7.38. The smallest absolute Gasteiger partial charge is 0.270 e. The maximum absolute atomic E-state index is 13.3. The number of aromatic nitrogens is 2. The lowest BCUT2D eigenvalue weighted by Crippen LogP contribution is -2.25. The summed E-state index contributed by atoms with van der Waals surface area (Å²) < 4.78 is 27.9. The Kier molecular flexibility index (Phi) is 5.16. The molecule has 0 radical (unpaired) electrons. The number of nitrogens with one attached hydrogen (secondary N) is 1. The van der Waals surface area contributed by atoms with E-state index < -0.39 is 0 Å². The van der Waals surface area contributed by atoms with Crippen molar-refractivity contribution in [1.82, 2.24) is 15.1 Å². The minimum Gasteiger partial charge on any atom is -0.347 e. The van der Waals surface area contributed by atoms with Crippen molar-refractivity contribution in [2.75, 3.05) is 0 Å². The zero-order valence-corrected chi connectivity index (χ0v) is 15.3. The highest BCUT2D eigenvalue weighted by Gasteiger charge is 2.17. The van der Waals surface area contributed by atoms with Gasteiger partial charge in [0.2, 0.25) is 0 Å². The normalized spacial score (nSPS) is 10.7. The van der Waals surface area contributed by atoms with Gasteiger partial charge in [-0.25, -0.2) is 13.5 Å². The maximum atomic E-state index is 13.3. The first-order chi connectivity index (χ1) is 14.1. The van der Waals surface area contributed by atoms with Gasteiger partial charge in [-0.2, -0.15) is 5.10 Å². The van der Waals surface area contributed by atoms with E-state index in [1.54, 1.807) is 30.3 Å². The summed E-state index contributed by atoms with van der Waals surface area (Å²) in [5.74, 6) is -1.04. The van der Waals surface area contributed by atoms with Gasteiger partial charge in [0.1, 0.15) is 17.3 Å². The van der Waals surface area contributed by atoms with E-state index in [1.165, 1.54) is 28.9 Å². The van der Waals surface area contributed by atoms with Crippen LogP contribution >= 0.6 is 0 Å². The van der Waals surface area contributed by atoms with E-state index in [0.29, 0.717) is 17.1 Å². The van der Waals surface area contributed by atoms with Crippen molar-refractivity contribution in [1.29, 1.82) is 0 Å². The van der Waals surface area contributed by atoms with Crippen LogP contribution in [0.15, 0.2) is 84.9 Å². The molecule has 4 aromatic rings. The molecule has 144 valence electrons. The molecule has 4 nitrogen and oxygen atoms in total. The van der Waals surface area contributed by atoms with Gasteiger partial charge in [-0.3, -0.25) is 4.79 Å². The Morgan fingerprint density at radius 2 is 1.48 bits per heavy atom. The highest BCUT2D eigenvalue weighted by molar-refractivity contribution is 5.94. The number of benzene rings is 3. The van der Waals surface area contributed by atoms with E-state index in [1.807, 2.05) is 30.3 Å². The number of carbonyl (C=O) groups is 1. The molecule has 0 aliphatic carbocycles. The predicted molar refractivity (Wildman–Crippen MR) is 107 cm³/mol. The van der Waals surface area contributed by atoms with Crippen molar-refractivity contribution in [3.8, 4) is 16.9 Å². The van der Waals surface area contributed by atoms with Crippen molar-refractivity contribution < 1.29 is 13.6 Å². The van der Waals surface area contributed by atoms with E-state index in [2.05, 4.69) is 10.4 Å². The fourth-order valence-electron chi connectivity index (χ4n) is 2.95. The summed E-state index contributed by atoms with van der Waals surface area (Å²) in [4.78, 5) is 12.9. The van der Waals surface area contributed by atoms with Crippen molar-refractivity contribution in [3.05, 3.63) is 108 Å². The number of rotatable bonds is 5. The number of halogens is 2. The monoisotopic (exact) mass is 389 g/mol. The average Bonchev–Trinajstić information content (AvgIpc) is 3.20. The quantitative estimate of drug-likeness (QED) is 0.536. The summed E-state index contributed by atoms with van der Waals surface area (Å²) in [6, 6.07) is 22.9. The molecule has 0 fully saturated rings. The third-order valence-electron chi connectivity index (χ3n) is 4.45. The summed E-state index contributed by atoms with van der Waals surface area (Å²) in [7, 11) is 0. The third kappa shape index (κ3) is 4.21. The number of amides is 1. The van der Waals surface area contributed by atoms with Gasteiger partial charge in [0.05, 0.1) is 11.4 Å². The highest BCUT2D eigenvalue weighted by Crippen LogP contribution is 2.22. The van der Waals surface area contributed by atoms with Crippen LogP contribution in [0.25, 0.3) is 16.9 Å². The van der Waals surface area contributed by atoms with Crippen LogP contribution in [0.3, 0.4) is 0 Å². The highest BCUT2D eigenvalue weighted by atomic mass is 19.1. The Morgan fingerprint density at radius 3 is 2.14 bits per heavy atom. The van der Waals surface area contributed by atoms with Crippen LogP contribution in [0.5, 0.6) is 0 Å². The zero-order valence-electron chi connectivity index (χ0n) is 15.3. The Bertz CT molecular complexity index is 1120. The molecule has 1 heterocycles. The Balaban J connectivity index is 1.66. The van der Waals surface area contributed by atoms with Gasteiger partial charge in [0.15, 0.2) is 0 Å². The van der Waals surface area contributed by atoms with Crippen LogP contribution in [0.1, 0.15) is 16.1 Å². The SMILES string of the molecule is O=C(NCc1ccc(F)cc1)c1cc(-c2ccccc2)nn1-c1ccc(F)cc1. The predicted octanol–water partition coefficient (Wildman–Crippen LogP) is 4.75.